The maximum absolute atomic E-state index is 13.8. The predicted octanol–water partition coefficient (Wildman–Crippen LogP) is 5.21. The van der Waals surface area contributed by atoms with Gasteiger partial charge in [-0.1, -0.05) is 25.1 Å². The summed E-state index contributed by atoms with van der Waals surface area (Å²) in [4.78, 5) is 11.2. The minimum Gasteiger partial charge on any atom is -0.372 e. The Morgan fingerprint density at radius 1 is 1.03 bits per heavy atom. The second kappa shape index (κ2) is 8.90. The van der Waals surface area contributed by atoms with E-state index >= 15 is 0 Å². The van der Waals surface area contributed by atoms with Crippen LogP contribution in [0.3, 0.4) is 0 Å². The van der Waals surface area contributed by atoms with E-state index in [2.05, 4.69) is 56.7 Å². The van der Waals surface area contributed by atoms with Crippen molar-refractivity contribution < 1.29 is 4.39 Å². The van der Waals surface area contributed by atoms with E-state index < -0.39 is 0 Å². The Bertz CT molecular complexity index is 936. The van der Waals surface area contributed by atoms with E-state index in [1.807, 2.05) is 6.07 Å². The first-order valence-electron chi connectivity index (χ1n) is 10.1. The molecule has 0 aliphatic carbocycles. The van der Waals surface area contributed by atoms with Crippen molar-refractivity contribution in [3.05, 3.63) is 72.2 Å². The van der Waals surface area contributed by atoms with Crippen molar-refractivity contribution in [2.45, 2.75) is 26.3 Å². The summed E-state index contributed by atoms with van der Waals surface area (Å²) in [6.07, 6.45) is 4.18. The zero-order valence-electron chi connectivity index (χ0n) is 16.6. The molecule has 150 valence electrons. The fourth-order valence-corrected chi connectivity index (χ4v) is 3.50. The van der Waals surface area contributed by atoms with Gasteiger partial charge in [-0.05, 0) is 55.2 Å². The lowest BCUT2D eigenvalue weighted by Crippen LogP contribution is -2.32. The lowest BCUT2D eigenvalue weighted by molar-refractivity contribution is 0.438. The maximum Gasteiger partial charge on any atom is 0.229 e. The van der Waals surface area contributed by atoms with E-state index in [9.17, 15) is 4.39 Å². The Hall–Kier alpha value is -3.15. The average molecular weight is 391 g/mol. The fraction of sp³-hybridized carbons (Fsp3) is 0.304. The van der Waals surface area contributed by atoms with Crippen LogP contribution in [0.2, 0.25) is 0 Å². The summed E-state index contributed by atoms with van der Waals surface area (Å²) in [5, 5.41) is 6.38. The largest absolute Gasteiger partial charge is 0.372 e. The van der Waals surface area contributed by atoms with Crippen molar-refractivity contribution in [3.63, 3.8) is 0 Å². The van der Waals surface area contributed by atoms with Crippen LogP contribution < -0.4 is 15.5 Å². The van der Waals surface area contributed by atoms with Crippen molar-refractivity contribution in [2.24, 2.45) is 5.92 Å². The minimum absolute atomic E-state index is 0.226. The molecule has 1 saturated heterocycles. The number of nitrogens with zero attached hydrogens (tertiary/aromatic N) is 3. The first kappa shape index (κ1) is 19.2. The molecule has 1 aliphatic rings. The summed E-state index contributed by atoms with van der Waals surface area (Å²) < 4.78 is 13.8. The Balaban J connectivity index is 1.37. The van der Waals surface area contributed by atoms with Gasteiger partial charge in [-0.25, -0.2) is 9.37 Å². The fourth-order valence-electron chi connectivity index (χ4n) is 3.50. The second-order valence-corrected chi connectivity index (χ2v) is 7.55. The molecular formula is C23H26FN5. The van der Waals surface area contributed by atoms with Crippen LogP contribution in [0.25, 0.3) is 0 Å². The van der Waals surface area contributed by atoms with Crippen molar-refractivity contribution in [3.8, 4) is 0 Å². The van der Waals surface area contributed by atoms with Gasteiger partial charge < -0.3 is 15.5 Å². The number of aromatic nitrogens is 2. The third-order valence-corrected chi connectivity index (χ3v) is 5.35. The number of nitrogens with one attached hydrogen (secondary N) is 2. The highest BCUT2D eigenvalue weighted by Gasteiger charge is 2.15. The first-order valence-corrected chi connectivity index (χ1v) is 10.1. The van der Waals surface area contributed by atoms with Gasteiger partial charge >= 0.3 is 0 Å². The summed E-state index contributed by atoms with van der Waals surface area (Å²) in [7, 11) is 0. The normalized spacial score (nSPS) is 14.6. The van der Waals surface area contributed by atoms with Gasteiger partial charge in [-0.3, -0.25) is 0 Å². The highest BCUT2D eigenvalue weighted by atomic mass is 19.1. The molecule has 2 aromatic carbocycles. The van der Waals surface area contributed by atoms with Crippen LogP contribution in [0.4, 0.5) is 27.5 Å². The van der Waals surface area contributed by atoms with E-state index in [0.29, 0.717) is 23.9 Å². The van der Waals surface area contributed by atoms with Crippen LogP contribution in [0.1, 0.15) is 25.3 Å². The summed E-state index contributed by atoms with van der Waals surface area (Å²) in [5.74, 6) is 1.74. The average Bonchev–Trinajstić information content (AvgIpc) is 2.75. The van der Waals surface area contributed by atoms with Crippen LogP contribution >= 0.6 is 0 Å². The quantitative estimate of drug-likeness (QED) is 0.604. The van der Waals surface area contributed by atoms with Crippen LogP contribution in [-0.2, 0) is 6.54 Å². The Morgan fingerprint density at radius 3 is 2.55 bits per heavy atom. The number of halogens is 1. The van der Waals surface area contributed by atoms with Crippen LogP contribution in [0, 0.1) is 11.7 Å². The topological polar surface area (TPSA) is 53.1 Å². The smallest absolute Gasteiger partial charge is 0.229 e. The number of piperidine rings is 1. The Kier molecular flexibility index (Phi) is 5.89. The molecule has 0 amide bonds. The molecule has 0 spiro atoms. The zero-order valence-corrected chi connectivity index (χ0v) is 16.6. The molecular weight excluding hydrogens is 365 g/mol. The van der Waals surface area contributed by atoms with Gasteiger partial charge in [0, 0.05) is 42.8 Å². The number of anilines is 4. The monoisotopic (exact) mass is 391 g/mol. The molecule has 2 heterocycles. The molecule has 5 nitrogen and oxygen atoms in total. The van der Waals surface area contributed by atoms with E-state index in [1.165, 1.54) is 24.6 Å². The summed E-state index contributed by atoms with van der Waals surface area (Å²) in [5.41, 5.74) is 2.79. The molecule has 1 aromatic heterocycles. The molecule has 1 aliphatic heterocycles. The maximum atomic E-state index is 13.8. The molecule has 2 N–H and O–H groups in total. The van der Waals surface area contributed by atoms with E-state index in [4.69, 9.17) is 0 Å². The molecule has 1 fully saturated rings. The highest BCUT2D eigenvalue weighted by Crippen LogP contribution is 2.25. The van der Waals surface area contributed by atoms with E-state index in [0.717, 1.165) is 24.7 Å². The number of benzene rings is 2. The molecule has 29 heavy (non-hydrogen) atoms. The molecule has 6 heteroatoms. The third-order valence-electron chi connectivity index (χ3n) is 5.35. The lowest BCUT2D eigenvalue weighted by Gasteiger charge is -2.32. The van der Waals surface area contributed by atoms with Crippen LogP contribution in [0.5, 0.6) is 0 Å². The zero-order chi connectivity index (χ0) is 20.1. The molecule has 0 radical (unpaired) electrons. The minimum atomic E-state index is -0.226. The molecule has 0 unspecified atom stereocenters. The second-order valence-electron chi connectivity index (χ2n) is 7.55. The van der Waals surface area contributed by atoms with Crippen molar-refractivity contribution in [1.82, 2.24) is 9.97 Å². The van der Waals surface area contributed by atoms with Gasteiger partial charge in [0.1, 0.15) is 11.6 Å². The van der Waals surface area contributed by atoms with Crippen LogP contribution in [-0.4, -0.2) is 23.1 Å². The number of hydrogen-bond acceptors (Lipinski definition) is 5. The van der Waals surface area contributed by atoms with Gasteiger partial charge in [0.25, 0.3) is 0 Å². The summed E-state index contributed by atoms with van der Waals surface area (Å²) >= 11 is 0. The number of rotatable bonds is 6. The van der Waals surface area contributed by atoms with Crippen molar-refractivity contribution in [2.75, 3.05) is 28.6 Å². The van der Waals surface area contributed by atoms with Crippen molar-refractivity contribution >= 4 is 23.1 Å². The van der Waals surface area contributed by atoms with Gasteiger partial charge in [-0.15, -0.1) is 0 Å². The first-order chi connectivity index (χ1) is 14.2. The Labute approximate surface area is 171 Å². The van der Waals surface area contributed by atoms with Crippen LogP contribution in [0.15, 0.2) is 60.8 Å². The molecule has 0 saturated carbocycles. The van der Waals surface area contributed by atoms with E-state index in [-0.39, 0.29) is 5.82 Å². The Morgan fingerprint density at radius 2 is 1.79 bits per heavy atom. The number of hydrogen-bond donors (Lipinski definition) is 2. The molecule has 0 bridgehead atoms. The standard InChI is InChI=1S/C23H26FN5/c1-17-11-14-29(15-12-17)20-8-6-19(7-9-20)27-23-25-13-10-22(28-23)26-16-18-4-2-3-5-21(18)24/h2-10,13,17H,11-12,14-16H2,1H3,(H2,25,26,27,28). The van der Waals surface area contributed by atoms with Gasteiger partial charge in [-0.2, -0.15) is 4.98 Å². The van der Waals surface area contributed by atoms with Gasteiger partial charge in [0.15, 0.2) is 0 Å². The van der Waals surface area contributed by atoms with Gasteiger partial charge in [0.2, 0.25) is 5.95 Å². The predicted molar refractivity (Wildman–Crippen MR) is 116 cm³/mol. The van der Waals surface area contributed by atoms with Gasteiger partial charge in [0.05, 0.1) is 0 Å². The highest BCUT2D eigenvalue weighted by molar-refractivity contribution is 5.60. The molecule has 4 rings (SSSR count). The summed E-state index contributed by atoms with van der Waals surface area (Å²) in [6, 6.07) is 16.9. The summed E-state index contributed by atoms with van der Waals surface area (Å²) in [6.45, 7) is 4.93. The molecule has 0 atom stereocenters. The van der Waals surface area contributed by atoms with E-state index in [1.54, 1.807) is 24.4 Å². The van der Waals surface area contributed by atoms with Crippen molar-refractivity contribution in [1.29, 1.82) is 0 Å². The lowest BCUT2D eigenvalue weighted by atomic mass is 9.99. The SMILES string of the molecule is CC1CCN(c2ccc(Nc3nccc(NCc4ccccc4F)n3)cc2)CC1. The molecule has 3 aromatic rings. The third kappa shape index (κ3) is 5.02.